The number of carbonyl (C=O) groups excluding carboxylic acids is 2. The molecule has 1 aromatic carbocycles. The molecule has 1 fully saturated rings. The molecular formula is C16H21NO4. The molecule has 1 amide bonds. The third-order valence-corrected chi connectivity index (χ3v) is 3.11. The van der Waals surface area contributed by atoms with Gasteiger partial charge in [-0.1, -0.05) is 0 Å². The van der Waals surface area contributed by atoms with Gasteiger partial charge < -0.3 is 14.4 Å². The van der Waals surface area contributed by atoms with Crippen molar-refractivity contribution in [3.63, 3.8) is 0 Å². The van der Waals surface area contributed by atoms with Crippen LogP contribution in [0.5, 0.6) is 5.75 Å². The highest BCUT2D eigenvalue weighted by Gasteiger charge is 2.33. The summed E-state index contributed by atoms with van der Waals surface area (Å²) >= 11 is 0. The Labute approximate surface area is 124 Å². The van der Waals surface area contributed by atoms with E-state index in [4.69, 9.17) is 9.47 Å². The van der Waals surface area contributed by atoms with Crippen molar-refractivity contribution in [2.75, 3.05) is 19.7 Å². The van der Waals surface area contributed by atoms with Gasteiger partial charge in [0.25, 0.3) is 0 Å². The van der Waals surface area contributed by atoms with Crippen LogP contribution in [0.4, 0.5) is 4.79 Å². The van der Waals surface area contributed by atoms with Crippen molar-refractivity contribution in [3.05, 3.63) is 29.8 Å². The number of nitrogens with zero attached hydrogens (tertiary/aromatic N) is 1. The minimum absolute atomic E-state index is 0.269. The van der Waals surface area contributed by atoms with Gasteiger partial charge in [0.1, 0.15) is 17.6 Å². The summed E-state index contributed by atoms with van der Waals surface area (Å²) in [6.45, 7) is 7.43. The summed E-state index contributed by atoms with van der Waals surface area (Å²) in [7, 11) is 0. The number of carbonyl (C=O) groups is 2. The maximum absolute atomic E-state index is 11.8. The van der Waals surface area contributed by atoms with E-state index in [1.807, 2.05) is 20.8 Å². The lowest BCUT2D eigenvalue weighted by atomic mass is 10.0. The van der Waals surface area contributed by atoms with Gasteiger partial charge in [0.05, 0.1) is 6.61 Å². The van der Waals surface area contributed by atoms with Crippen molar-refractivity contribution in [2.45, 2.75) is 26.4 Å². The van der Waals surface area contributed by atoms with Crippen LogP contribution in [-0.4, -0.2) is 42.6 Å². The van der Waals surface area contributed by atoms with E-state index in [0.29, 0.717) is 31.2 Å². The molecule has 1 aromatic rings. The van der Waals surface area contributed by atoms with E-state index in [0.717, 1.165) is 12.0 Å². The average molecular weight is 291 g/mol. The van der Waals surface area contributed by atoms with Gasteiger partial charge in [-0.15, -0.1) is 0 Å². The van der Waals surface area contributed by atoms with E-state index in [2.05, 4.69) is 0 Å². The average Bonchev–Trinajstić information content (AvgIpc) is 2.35. The maximum Gasteiger partial charge on any atom is 0.410 e. The topological polar surface area (TPSA) is 55.8 Å². The fourth-order valence-corrected chi connectivity index (χ4v) is 2.01. The second-order valence-electron chi connectivity index (χ2n) is 6.25. The molecule has 1 aliphatic heterocycles. The summed E-state index contributed by atoms with van der Waals surface area (Å²) in [6, 6.07) is 6.98. The molecule has 21 heavy (non-hydrogen) atoms. The largest absolute Gasteiger partial charge is 0.493 e. The van der Waals surface area contributed by atoms with E-state index in [-0.39, 0.29) is 6.09 Å². The predicted octanol–water partition coefficient (Wildman–Crippen LogP) is 2.74. The van der Waals surface area contributed by atoms with Crippen molar-refractivity contribution in [1.29, 1.82) is 0 Å². The second-order valence-corrected chi connectivity index (χ2v) is 6.25. The fourth-order valence-electron chi connectivity index (χ4n) is 2.01. The Morgan fingerprint density at radius 3 is 2.43 bits per heavy atom. The highest BCUT2D eigenvalue weighted by Crippen LogP contribution is 2.21. The molecule has 5 heteroatoms. The van der Waals surface area contributed by atoms with E-state index in [1.165, 1.54) is 0 Å². The lowest BCUT2D eigenvalue weighted by Gasteiger charge is -2.39. The second kappa shape index (κ2) is 6.16. The quantitative estimate of drug-likeness (QED) is 0.800. The Morgan fingerprint density at radius 1 is 1.29 bits per heavy atom. The van der Waals surface area contributed by atoms with E-state index in [9.17, 15) is 9.59 Å². The number of aldehydes is 1. The Bertz CT molecular complexity index is 498. The van der Waals surface area contributed by atoms with Gasteiger partial charge in [-0.05, 0) is 45.0 Å². The summed E-state index contributed by atoms with van der Waals surface area (Å²) in [4.78, 5) is 24.0. The molecule has 1 saturated heterocycles. The van der Waals surface area contributed by atoms with Crippen LogP contribution in [0.3, 0.4) is 0 Å². The molecule has 0 N–H and O–H groups in total. The summed E-state index contributed by atoms with van der Waals surface area (Å²) in [5.41, 5.74) is 0.168. The molecule has 0 aliphatic carbocycles. The van der Waals surface area contributed by atoms with Gasteiger partial charge in [0, 0.05) is 24.6 Å². The number of likely N-dealkylation sites (tertiary alicyclic amines) is 1. The minimum atomic E-state index is -0.459. The zero-order chi connectivity index (χ0) is 15.5. The molecule has 0 bridgehead atoms. The molecule has 1 aliphatic rings. The van der Waals surface area contributed by atoms with E-state index >= 15 is 0 Å². The first-order valence-corrected chi connectivity index (χ1v) is 7.03. The minimum Gasteiger partial charge on any atom is -0.493 e. The van der Waals surface area contributed by atoms with Crippen LogP contribution in [-0.2, 0) is 4.74 Å². The zero-order valence-corrected chi connectivity index (χ0v) is 12.7. The number of rotatable bonds is 4. The molecule has 5 nitrogen and oxygen atoms in total. The van der Waals surface area contributed by atoms with Crippen molar-refractivity contribution >= 4 is 12.4 Å². The number of benzene rings is 1. The highest BCUT2D eigenvalue weighted by atomic mass is 16.6. The van der Waals surface area contributed by atoms with Crippen LogP contribution in [0.25, 0.3) is 0 Å². The normalized spacial score (nSPS) is 15.3. The van der Waals surface area contributed by atoms with Crippen molar-refractivity contribution in [1.82, 2.24) is 4.90 Å². The molecule has 2 rings (SSSR count). The predicted molar refractivity (Wildman–Crippen MR) is 78.6 cm³/mol. The first kappa shape index (κ1) is 15.4. The van der Waals surface area contributed by atoms with Crippen LogP contribution in [0, 0.1) is 5.92 Å². The zero-order valence-electron chi connectivity index (χ0n) is 12.7. The molecule has 0 aromatic heterocycles. The molecule has 1 heterocycles. The van der Waals surface area contributed by atoms with Gasteiger partial charge in [-0.2, -0.15) is 0 Å². The fraction of sp³-hybridized carbons (Fsp3) is 0.500. The first-order valence-electron chi connectivity index (χ1n) is 7.03. The molecule has 0 atom stereocenters. The van der Waals surface area contributed by atoms with Gasteiger partial charge in [-0.25, -0.2) is 4.79 Å². The number of amides is 1. The lowest BCUT2D eigenvalue weighted by Crippen LogP contribution is -2.53. The SMILES string of the molecule is CC(C)(C)OC(=O)N1CC(COc2ccc(C=O)cc2)C1. The maximum atomic E-state index is 11.8. The summed E-state index contributed by atoms with van der Waals surface area (Å²) < 4.78 is 10.9. The van der Waals surface area contributed by atoms with Crippen molar-refractivity contribution in [2.24, 2.45) is 5.92 Å². The Kier molecular flexibility index (Phi) is 4.50. The Balaban J connectivity index is 1.70. The summed E-state index contributed by atoms with van der Waals surface area (Å²) in [5, 5.41) is 0. The molecule has 0 spiro atoms. The van der Waals surface area contributed by atoms with Crippen molar-refractivity contribution in [3.8, 4) is 5.75 Å². The summed E-state index contributed by atoms with van der Waals surface area (Å²) in [5.74, 6) is 1.06. The number of hydrogen-bond acceptors (Lipinski definition) is 4. The molecule has 0 radical (unpaired) electrons. The molecule has 0 unspecified atom stereocenters. The van der Waals surface area contributed by atoms with Gasteiger partial charge >= 0.3 is 6.09 Å². The Morgan fingerprint density at radius 2 is 1.90 bits per heavy atom. The summed E-state index contributed by atoms with van der Waals surface area (Å²) in [6.07, 6.45) is 0.531. The van der Waals surface area contributed by atoms with E-state index < -0.39 is 5.60 Å². The third-order valence-electron chi connectivity index (χ3n) is 3.11. The molecule has 114 valence electrons. The van der Waals surface area contributed by atoms with Crippen LogP contribution in [0.2, 0.25) is 0 Å². The van der Waals surface area contributed by atoms with Crippen LogP contribution in [0.1, 0.15) is 31.1 Å². The van der Waals surface area contributed by atoms with E-state index in [1.54, 1.807) is 29.2 Å². The standard InChI is InChI=1S/C16H21NO4/c1-16(2,3)21-15(19)17-8-13(9-17)11-20-14-6-4-12(10-18)5-7-14/h4-7,10,13H,8-9,11H2,1-3H3. The van der Waals surface area contributed by atoms with Crippen molar-refractivity contribution < 1.29 is 19.1 Å². The van der Waals surface area contributed by atoms with Crippen LogP contribution >= 0.6 is 0 Å². The van der Waals surface area contributed by atoms with Gasteiger partial charge in [-0.3, -0.25) is 4.79 Å². The van der Waals surface area contributed by atoms with Gasteiger partial charge in [0.2, 0.25) is 0 Å². The number of ether oxygens (including phenoxy) is 2. The van der Waals surface area contributed by atoms with Gasteiger partial charge in [0.15, 0.2) is 0 Å². The third kappa shape index (κ3) is 4.48. The van der Waals surface area contributed by atoms with Crippen LogP contribution in [0.15, 0.2) is 24.3 Å². The smallest absolute Gasteiger partial charge is 0.410 e. The van der Waals surface area contributed by atoms with Crippen LogP contribution < -0.4 is 4.74 Å². The lowest BCUT2D eigenvalue weighted by molar-refractivity contribution is -0.00781. The first-order chi connectivity index (χ1) is 9.87. The Hall–Kier alpha value is -2.04. The highest BCUT2D eigenvalue weighted by molar-refractivity contribution is 5.74. The molecular weight excluding hydrogens is 270 g/mol. The monoisotopic (exact) mass is 291 g/mol. The molecule has 0 saturated carbocycles. The number of hydrogen-bond donors (Lipinski definition) is 0.